The SMILES string of the molecule is Cc1ccc(-c2c([C@H](OC(C)(C)C)C(=O)O)c(C)c3c4c2cc(-c2nc(-c5ccc6c(cnn6C)c5)no2)n4CCN3C)cc1. The number of hydrogen-bond donors (Lipinski definition) is 1. The lowest BCUT2D eigenvalue weighted by Gasteiger charge is -2.34. The highest BCUT2D eigenvalue weighted by Gasteiger charge is 2.36. The molecule has 10 nitrogen and oxygen atoms in total. The zero-order chi connectivity index (χ0) is 31.8. The van der Waals surface area contributed by atoms with E-state index in [0.29, 0.717) is 23.8 Å². The number of rotatable bonds is 6. The van der Waals surface area contributed by atoms with Crippen LogP contribution in [-0.2, 0) is 23.1 Å². The first-order valence-electron chi connectivity index (χ1n) is 15.1. The number of carboxylic acids is 1. The Balaban J connectivity index is 1.49. The number of carboxylic acid groups (broad SMARTS) is 1. The molecule has 0 amide bonds. The molecule has 3 aromatic carbocycles. The molecular weight excluding hydrogens is 568 g/mol. The highest BCUT2D eigenvalue weighted by Crippen LogP contribution is 2.49. The molecule has 3 aromatic heterocycles. The second-order valence-corrected chi connectivity index (χ2v) is 12.9. The smallest absolute Gasteiger partial charge is 0.337 e. The molecule has 0 bridgehead atoms. The maximum atomic E-state index is 12.9. The third kappa shape index (κ3) is 4.76. The van der Waals surface area contributed by atoms with Crippen LogP contribution in [0.2, 0.25) is 0 Å². The summed E-state index contributed by atoms with van der Waals surface area (Å²) in [7, 11) is 3.96. The Labute approximate surface area is 260 Å². The monoisotopic (exact) mass is 604 g/mol. The van der Waals surface area contributed by atoms with Gasteiger partial charge in [-0.25, -0.2) is 4.79 Å². The predicted octanol–water partition coefficient (Wildman–Crippen LogP) is 6.92. The van der Waals surface area contributed by atoms with Gasteiger partial charge in [0.2, 0.25) is 5.82 Å². The van der Waals surface area contributed by atoms with Crippen molar-refractivity contribution < 1.29 is 19.2 Å². The van der Waals surface area contributed by atoms with Crippen molar-refractivity contribution in [1.82, 2.24) is 24.5 Å². The van der Waals surface area contributed by atoms with Crippen LogP contribution in [0.15, 0.2) is 59.3 Å². The molecule has 1 N–H and O–H groups in total. The van der Waals surface area contributed by atoms with E-state index in [2.05, 4.69) is 37.9 Å². The number of ether oxygens (including phenoxy) is 1. The summed E-state index contributed by atoms with van der Waals surface area (Å²) in [5.74, 6) is -0.141. The van der Waals surface area contributed by atoms with Crippen LogP contribution >= 0.6 is 0 Å². The van der Waals surface area contributed by atoms with E-state index in [1.54, 1.807) is 0 Å². The number of hydrogen-bond acceptors (Lipinski definition) is 7. The number of aliphatic carboxylic acids is 1. The number of aryl methyl sites for hydroxylation is 2. The number of anilines is 1. The Morgan fingerprint density at radius 2 is 1.76 bits per heavy atom. The van der Waals surface area contributed by atoms with E-state index < -0.39 is 17.7 Å². The minimum Gasteiger partial charge on any atom is -0.479 e. The predicted molar refractivity (Wildman–Crippen MR) is 174 cm³/mol. The van der Waals surface area contributed by atoms with Crippen molar-refractivity contribution in [3.05, 3.63) is 71.4 Å². The van der Waals surface area contributed by atoms with Crippen molar-refractivity contribution >= 4 is 33.5 Å². The maximum Gasteiger partial charge on any atom is 0.337 e. The topological polar surface area (TPSA) is 111 Å². The van der Waals surface area contributed by atoms with E-state index >= 15 is 0 Å². The first-order valence-corrected chi connectivity index (χ1v) is 15.1. The van der Waals surface area contributed by atoms with Gasteiger partial charge in [0.1, 0.15) is 5.69 Å². The summed E-state index contributed by atoms with van der Waals surface area (Å²) in [6, 6.07) is 16.2. The van der Waals surface area contributed by atoms with Crippen molar-refractivity contribution in [1.29, 1.82) is 0 Å². The zero-order valence-corrected chi connectivity index (χ0v) is 26.5. The Morgan fingerprint density at radius 3 is 2.47 bits per heavy atom. The van der Waals surface area contributed by atoms with Gasteiger partial charge in [-0.3, -0.25) is 4.68 Å². The fourth-order valence-electron chi connectivity index (χ4n) is 6.56. The molecule has 1 atom stereocenters. The molecule has 0 saturated heterocycles. The molecule has 6 aromatic rings. The van der Waals surface area contributed by atoms with Gasteiger partial charge in [0, 0.05) is 49.1 Å². The number of aromatic nitrogens is 5. The molecule has 0 saturated carbocycles. The molecule has 45 heavy (non-hydrogen) atoms. The van der Waals surface area contributed by atoms with Gasteiger partial charge in [0.15, 0.2) is 6.10 Å². The lowest BCUT2D eigenvalue weighted by molar-refractivity contribution is -0.160. The molecule has 0 fully saturated rings. The minimum absolute atomic E-state index is 0.401. The van der Waals surface area contributed by atoms with Crippen molar-refractivity contribution in [2.75, 3.05) is 18.5 Å². The third-order valence-corrected chi connectivity index (χ3v) is 8.61. The van der Waals surface area contributed by atoms with E-state index in [1.807, 2.05) is 89.9 Å². The van der Waals surface area contributed by atoms with Gasteiger partial charge in [-0.1, -0.05) is 35.0 Å². The first-order chi connectivity index (χ1) is 21.4. The Hall–Kier alpha value is -4.96. The second-order valence-electron chi connectivity index (χ2n) is 12.9. The first kappa shape index (κ1) is 28.8. The van der Waals surface area contributed by atoms with Crippen LogP contribution < -0.4 is 4.90 Å². The summed E-state index contributed by atoms with van der Waals surface area (Å²) in [5.41, 5.74) is 8.33. The molecule has 10 heteroatoms. The Bertz CT molecular complexity index is 2110. The van der Waals surface area contributed by atoms with Crippen molar-refractivity contribution in [2.45, 2.75) is 52.9 Å². The number of fused-ring (bicyclic) bond motifs is 1. The van der Waals surface area contributed by atoms with Crippen molar-refractivity contribution in [3.8, 4) is 34.1 Å². The standard InChI is InChI=1S/C35H36N6O4/c1-19-8-10-21(11-9-19)28-24-17-26(33-37-32(38-45-33)22-12-13-25-23(16-22)18-36-40(25)7)41-15-14-39(6)29(30(24)41)20(2)27(28)31(34(42)43)44-35(3,4)5/h8-13,16-18,31H,14-15H2,1-7H3,(H,42,43)/t31-/m0/s1. The highest BCUT2D eigenvalue weighted by molar-refractivity contribution is 6.09. The van der Waals surface area contributed by atoms with Gasteiger partial charge in [-0.15, -0.1) is 0 Å². The van der Waals surface area contributed by atoms with Crippen LogP contribution in [0, 0.1) is 13.8 Å². The lowest BCUT2D eigenvalue weighted by Crippen LogP contribution is -2.31. The number of likely N-dealkylation sites (N-methyl/N-ethyl adjacent to an activating group) is 1. The van der Waals surface area contributed by atoms with E-state index in [0.717, 1.165) is 67.5 Å². The summed E-state index contributed by atoms with van der Waals surface area (Å²) in [4.78, 5) is 20.0. The van der Waals surface area contributed by atoms with E-state index in [4.69, 9.17) is 14.2 Å². The third-order valence-electron chi connectivity index (χ3n) is 8.61. The van der Waals surface area contributed by atoms with Crippen LogP contribution in [0.3, 0.4) is 0 Å². The van der Waals surface area contributed by atoms with Crippen LogP contribution in [0.4, 0.5) is 5.69 Å². The van der Waals surface area contributed by atoms with Crippen LogP contribution in [-0.4, -0.2) is 54.8 Å². The fraction of sp³-hybridized carbons (Fsp3) is 0.314. The summed E-state index contributed by atoms with van der Waals surface area (Å²) in [5, 5.41) is 21.2. The summed E-state index contributed by atoms with van der Waals surface area (Å²) >= 11 is 0. The summed E-state index contributed by atoms with van der Waals surface area (Å²) in [6.07, 6.45) is 0.642. The average molecular weight is 605 g/mol. The van der Waals surface area contributed by atoms with Gasteiger partial charge < -0.3 is 23.8 Å². The van der Waals surface area contributed by atoms with Crippen LogP contribution in [0.1, 0.15) is 43.6 Å². The number of carbonyl (C=O) groups is 1. The molecule has 0 radical (unpaired) electrons. The van der Waals surface area contributed by atoms with Crippen molar-refractivity contribution in [2.24, 2.45) is 7.05 Å². The van der Waals surface area contributed by atoms with Gasteiger partial charge in [0.25, 0.3) is 5.89 Å². The maximum absolute atomic E-state index is 12.9. The van der Waals surface area contributed by atoms with Crippen LogP contribution in [0.5, 0.6) is 0 Å². The fourth-order valence-corrected chi connectivity index (χ4v) is 6.56. The molecule has 0 aliphatic carbocycles. The highest BCUT2D eigenvalue weighted by atomic mass is 16.5. The molecule has 1 aliphatic heterocycles. The van der Waals surface area contributed by atoms with Gasteiger partial charge in [-0.05, 0) is 75.6 Å². The normalized spacial score (nSPS) is 14.1. The lowest BCUT2D eigenvalue weighted by atomic mass is 9.87. The number of nitrogens with zero attached hydrogens (tertiary/aromatic N) is 6. The summed E-state index contributed by atoms with van der Waals surface area (Å²) in [6.45, 7) is 11.1. The van der Waals surface area contributed by atoms with E-state index in [9.17, 15) is 9.90 Å². The minimum atomic E-state index is -1.18. The molecule has 0 spiro atoms. The summed E-state index contributed by atoms with van der Waals surface area (Å²) < 4.78 is 16.3. The van der Waals surface area contributed by atoms with Gasteiger partial charge >= 0.3 is 5.97 Å². The molecule has 4 heterocycles. The van der Waals surface area contributed by atoms with Gasteiger partial charge in [-0.2, -0.15) is 10.1 Å². The zero-order valence-electron chi connectivity index (χ0n) is 26.5. The van der Waals surface area contributed by atoms with E-state index in [1.165, 1.54) is 0 Å². The molecule has 230 valence electrons. The van der Waals surface area contributed by atoms with Gasteiger partial charge in [0.05, 0.1) is 28.5 Å². The Kier molecular flexibility index (Phi) is 6.59. The largest absolute Gasteiger partial charge is 0.479 e. The molecule has 7 rings (SSSR count). The van der Waals surface area contributed by atoms with E-state index in [-0.39, 0.29) is 0 Å². The average Bonchev–Trinajstić information content (AvgIpc) is 3.72. The quantitative estimate of drug-likeness (QED) is 0.218. The number of benzene rings is 3. The second kappa shape index (κ2) is 10.3. The van der Waals surface area contributed by atoms with Crippen LogP contribution in [0.25, 0.3) is 55.9 Å². The Morgan fingerprint density at radius 1 is 1.02 bits per heavy atom. The molecule has 0 unspecified atom stereocenters. The molecule has 1 aliphatic rings. The van der Waals surface area contributed by atoms with Crippen molar-refractivity contribution in [3.63, 3.8) is 0 Å². The molecular formula is C35H36N6O4.